The van der Waals surface area contributed by atoms with Crippen LogP contribution in [0.4, 0.5) is 4.39 Å². The highest BCUT2D eigenvalue weighted by Gasteiger charge is 2.23. The first-order valence-corrected chi connectivity index (χ1v) is 2.78. The first kappa shape index (κ1) is 7.89. The minimum Gasteiger partial charge on any atom is -0.396 e. The summed E-state index contributed by atoms with van der Waals surface area (Å²) in [6.45, 7) is 4.53. The Hall–Kier alpha value is -0.110. The number of alkyl halides is 1. The van der Waals surface area contributed by atoms with Gasteiger partial charge in [-0.25, -0.2) is 4.39 Å². The number of hydrogen-bond donors (Lipinski definition) is 1. The van der Waals surface area contributed by atoms with E-state index in [1.807, 2.05) is 0 Å². The summed E-state index contributed by atoms with van der Waals surface area (Å²) in [6, 6.07) is 0. The van der Waals surface area contributed by atoms with Crippen molar-refractivity contribution in [3.63, 3.8) is 0 Å². The van der Waals surface area contributed by atoms with Gasteiger partial charge in [0.25, 0.3) is 0 Å². The van der Waals surface area contributed by atoms with Gasteiger partial charge in [0.1, 0.15) is 5.67 Å². The summed E-state index contributed by atoms with van der Waals surface area (Å²) in [5, 5.41) is 8.43. The van der Waals surface area contributed by atoms with Crippen molar-refractivity contribution in [1.29, 1.82) is 0 Å². The van der Waals surface area contributed by atoms with Crippen LogP contribution in [0.2, 0.25) is 0 Å². The third-order valence-corrected chi connectivity index (χ3v) is 1.45. The molecule has 0 aliphatic heterocycles. The molecule has 1 unspecified atom stereocenters. The lowest BCUT2D eigenvalue weighted by molar-refractivity contribution is 0.0839. The van der Waals surface area contributed by atoms with Crippen molar-refractivity contribution in [2.75, 3.05) is 6.61 Å². The van der Waals surface area contributed by atoms with Crippen LogP contribution in [0.3, 0.4) is 0 Å². The molecule has 1 nitrogen and oxygen atoms in total. The summed E-state index contributed by atoms with van der Waals surface area (Å²) in [4.78, 5) is 0. The van der Waals surface area contributed by atoms with Crippen molar-refractivity contribution in [2.24, 2.45) is 5.92 Å². The molecule has 50 valence electrons. The van der Waals surface area contributed by atoms with Gasteiger partial charge in [0.2, 0.25) is 0 Å². The molecule has 0 amide bonds. The molecule has 1 N–H and O–H groups in total. The van der Waals surface area contributed by atoms with E-state index in [-0.39, 0.29) is 12.5 Å². The van der Waals surface area contributed by atoms with E-state index in [1.165, 1.54) is 13.8 Å². The van der Waals surface area contributed by atoms with E-state index in [0.717, 1.165) is 0 Å². The molecule has 0 heterocycles. The molecular formula is C6H13FO. The molecule has 0 aromatic heterocycles. The van der Waals surface area contributed by atoms with Crippen molar-refractivity contribution in [1.82, 2.24) is 0 Å². The molecule has 0 aromatic rings. The first-order valence-electron chi connectivity index (χ1n) is 2.78. The Kier molecular flexibility index (Phi) is 2.41. The first-order chi connectivity index (χ1) is 3.48. The molecule has 0 saturated heterocycles. The van der Waals surface area contributed by atoms with Crippen LogP contribution in [-0.4, -0.2) is 17.4 Å². The molecule has 8 heavy (non-hydrogen) atoms. The Morgan fingerprint density at radius 3 is 2.00 bits per heavy atom. The van der Waals surface area contributed by atoms with E-state index in [4.69, 9.17) is 5.11 Å². The van der Waals surface area contributed by atoms with Crippen LogP contribution in [-0.2, 0) is 0 Å². The summed E-state index contributed by atoms with van der Waals surface area (Å²) >= 11 is 0. The molecule has 0 radical (unpaired) electrons. The fourth-order valence-corrected chi connectivity index (χ4v) is 0.217. The van der Waals surface area contributed by atoms with Crippen molar-refractivity contribution in [2.45, 2.75) is 26.4 Å². The zero-order valence-electron chi connectivity index (χ0n) is 5.61. The van der Waals surface area contributed by atoms with E-state index in [9.17, 15) is 4.39 Å². The van der Waals surface area contributed by atoms with E-state index in [1.54, 1.807) is 6.92 Å². The molecular weight excluding hydrogens is 107 g/mol. The molecule has 1 atom stereocenters. The van der Waals surface area contributed by atoms with Crippen molar-refractivity contribution < 1.29 is 9.50 Å². The van der Waals surface area contributed by atoms with E-state index >= 15 is 0 Å². The van der Waals surface area contributed by atoms with Crippen molar-refractivity contribution >= 4 is 0 Å². The average molecular weight is 120 g/mol. The lowest BCUT2D eigenvalue weighted by Gasteiger charge is -2.19. The van der Waals surface area contributed by atoms with Gasteiger partial charge in [0.05, 0.1) is 0 Å². The minimum absolute atomic E-state index is 0.0799. The van der Waals surface area contributed by atoms with Gasteiger partial charge < -0.3 is 5.11 Å². The molecule has 0 aromatic carbocycles. The molecule has 0 rings (SSSR count). The van der Waals surface area contributed by atoms with Gasteiger partial charge in [0.15, 0.2) is 0 Å². The average Bonchev–Trinajstić information content (AvgIpc) is 1.62. The maximum atomic E-state index is 12.6. The second-order valence-corrected chi connectivity index (χ2v) is 2.65. The summed E-state index contributed by atoms with van der Waals surface area (Å²) in [5.41, 5.74) is -1.24. The largest absolute Gasteiger partial charge is 0.396 e. The Morgan fingerprint density at radius 2 is 2.00 bits per heavy atom. The normalized spacial score (nSPS) is 16.1. The number of aliphatic hydroxyl groups is 1. The molecule has 0 aliphatic carbocycles. The molecule has 0 spiro atoms. The van der Waals surface area contributed by atoms with Crippen LogP contribution < -0.4 is 0 Å². The number of halogens is 1. The topological polar surface area (TPSA) is 20.2 Å². The van der Waals surface area contributed by atoms with Gasteiger partial charge in [-0.2, -0.15) is 0 Å². The second kappa shape index (κ2) is 2.44. The smallest absolute Gasteiger partial charge is 0.110 e. The highest BCUT2D eigenvalue weighted by atomic mass is 19.1. The van der Waals surface area contributed by atoms with Crippen LogP contribution in [0.25, 0.3) is 0 Å². The lowest BCUT2D eigenvalue weighted by atomic mass is 9.96. The van der Waals surface area contributed by atoms with Gasteiger partial charge >= 0.3 is 0 Å². The van der Waals surface area contributed by atoms with Crippen LogP contribution in [0.15, 0.2) is 0 Å². The van der Waals surface area contributed by atoms with E-state index < -0.39 is 5.67 Å². The van der Waals surface area contributed by atoms with Gasteiger partial charge in [-0.1, -0.05) is 6.92 Å². The highest BCUT2D eigenvalue weighted by molar-refractivity contribution is 4.72. The van der Waals surface area contributed by atoms with E-state index in [0.29, 0.717) is 0 Å². The molecule has 0 bridgehead atoms. The minimum atomic E-state index is -1.24. The zero-order chi connectivity index (χ0) is 6.78. The van der Waals surface area contributed by atoms with Crippen LogP contribution >= 0.6 is 0 Å². The van der Waals surface area contributed by atoms with Crippen molar-refractivity contribution in [3.8, 4) is 0 Å². The van der Waals surface area contributed by atoms with Crippen LogP contribution in [0.5, 0.6) is 0 Å². The molecule has 2 heteroatoms. The summed E-state index contributed by atoms with van der Waals surface area (Å²) in [7, 11) is 0. The number of rotatable bonds is 2. The fourth-order valence-electron chi connectivity index (χ4n) is 0.217. The van der Waals surface area contributed by atoms with Crippen LogP contribution in [0, 0.1) is 5.92 Å². The second-order valence-electron chi connectivity index (χ2n) is 2.65. The van der Waals surface area contributed by atoms with Gasteiger partial charge in [0, 0.05) is 12.5 Å². The molecule has 0 aliphatic rings. The number of hydrogen-bond acceptors (Lipinski definition) is 1. The monoisotopic (exact) mass is 120 g/mol. The predicted octanol–water partition coefficient (Wildman–Crippen LogP) is 1.36. The van der Waals surface area contributed by atoms with Gasteiger partial charge in [-0.3, -0.25) is 0 Å². The number of aliphatic hydroxyl groups excluding tert-OH is 1. The third-order valence-electron chi connectivity index (χ3n) is 1.45. The third kappa shape index (κ3) is 2.26. The maximum Gasteiger partial charge on any atom is 0.110 e. The summed E-state index contributed by atoms with van der Waals surface area (Å²) in [5.74, 6) is -0.262. The predicted molar refractivity (Wildman–Crippen MR) is 31.4 cm³/mol. The van der Waals surface area contributed by atoms with Crippen molar-refractivity contribution in [3.05, 3.63) is 0 Å². The highest BCUT2D eigenvalue weighted by Crippen LogP contribution is 2.19. The van der Waals surface area contributed by atoms with Crippen LogP contribution in [0.1, 0.15) is 20.8 Å². The Balaban J connectivity index is 3.62. The van der Waals surface area contributed by atoms with Gasteiger partial charge in [-0.15, -0.1) is 0 Å². The molecule has 0 saturated carbocycles. The Morgan fingerprint density at radius 1 is 1.62 bits per heavy atom. The Bertz CT molecular complexity index is 65.4. The quantitative estimate of drug-likeness (QED) is 0.583. The maximum absolute atomic E-state index is 12.6. The standard InChI is InChI=1S/C6H13FO/c1-5(4-8)6(2,3)7/h5,8H,4H2,1-3H3. The van der Waals surface area contributed by atoms with E-state index in [2.05, 4.69) is 0 Å². The van der Waals surface area contributed by atoms with Gasteiger partial charge in [-0.05, 0) is 13.8 Å². The molecule has 0 fully saturated rings. The Labute approximate surface area is 49.5 Å². The zero-order valence-corrected chi connectivity index (χ0v) is 5.61. The SMILES string of the molecule is CC(CO)C(C)(C)F. The lowest BCUT2D eigenvalue weighted by Crippen LogP contribution is -2.25. The fraction of sp³-hybridized carbons (Fsp3) is 1.00. The summed E-state index contributed by atoms with van der Waals surface area (Å²) in [6.07, 6.45) is 0. The summed E-state index contributed by atoms with van der Waals surface area (Å²) < 4.78 is 12.6.